The molecule has 0 spiro atoms. The summed E-state index contributed by atoms with van der Waals surface area (Å²) in [6.45, 7) is 3.98. The summed E-state index contributed by atoms with van der Waals surface area (Å²) in [5.74, 6) is -1.31. The first kappa shape index (κ1) is 16.3. The van der Waals surface area contributed by atoms with E-state index in [0.29, 0.717) is 24.3 Å². The average molecular weight is 325 g/mol. The Labute approximate surface area is 129 Å². The topological polar surface area (TPSA) is 95.6 Å². The van der Waals surface area contributed by atoms with Gasteiger partial charge >= 0.3 is 11.8 Å². The zero-order chi connectivity index (χ0) is 16.3. The zero-order valence-electron chi connectivity index (χ0n) is 12.5. The standard InChI is InChI=1S/C14H19N3O4S/c1-10(2)15-13(18)14(19)16-11-4-6-12(7-5-11)17-8-3-9-22(17,20)21/h4-7,10H,3,8-9H2,1-2H3,(H,15,18)(H,16,19). The van der Waals surface area contributed by atoms with Crippen molar-refractivity contribution in [2.75, 3.05) is 21.9 Å². The first-order valence-electron chi connectivity index (χ1n) is 7.02. The van der Waals surface area contributed by atoms with Crippen molar-refractivity contribution in [1.82, 2.24) is 5.32 Å². The fourth-order valence-electron chi connectivity index (χ4n) is 2.16. The van der Waals surface area contributed by atoms with Crippen LogP contribution < -0.4 is 14.9 Å². The maximum absolute atomic E-state index is 11.8. The number of hydrogen-bond acceptors (Lipinski definition) is 4. The molecule has 1 aromatic carbocycles. The van der Waals surface area contributed by atoms with Crippen LogP contribution in [0.5, 0.6) is 0 Å². The predicted octanol–water partition coefficient (Wildman–Crippen LogP) is 0.690. The number of amides is 2. The quantitative estimate of drug-likeness (QED) is 0.799. The van der Waals surface area contributed by atoms with E-state index in [0.717, 1.165) is 0 Å². The van der Waals surface area contributed by atoms with Crippen LogP contribution in [0.1, 0.15) is 20.3 Å². The van der Waals surface area contributed by atoms with Crippen LogP contribution in [0.15, 0.2) is 24.3 Å². The van der Waals surface area contributed by atoms with Crippen molar-refractivity contribution in [2.45, 2.75) is 26.3 Å². The van der Waals surface area contributed by atoms with Crippen molar-refractivity contribution in [3.63, 3.8) is 0 Å². The van der Waals surface area contributed by atoms with Gasteiger partial charge in [0.05, 0.1) is 11.4 Å². The maximum Gasteiger partial charge on any atom is 0.313 e. The van der Waals surface area contributed by atoms with E-state index in [1.165, 1.54) is 4.31 Å². The van der Waals surface area contributed by atoms with Gasteiger partial charge in [0.1, 0.15) is 0 Å². The molecular formula is C14H19N3O4S. The van der Waals surface area contributed by atoms with E-state index >= 15 is 0 Å². The number of sulfonamides is 1. The first-order valence-corrected chi connectivity index (χ1v) is 8.63. The van der Waals surface area contributed by atoms with Gasteiger partial charge in [0.15, 0.2) is 0 Å². The Morgan fingerprint density at radius 2 is 1.77 bits per heavy atom. The van der Waals surface area contributed by atoms with Crippen LogP contribution in [0.4, 0.5) is 11.4 Å². The average Bonchev–Trinajstić information content (AvgIpc) is 2.78. The minimum Gasteiger partial charge on any atom is -0.346 e. The number of rotatable bonds is 3. The molecule has 0 aliphatic carbocycles. The smallest absolute Gasteiger partial charge is 0.313 e. The van der Waals surface area contributed by atoms with Gasteiger partial charge in [0, 0.05) is 18.3 Å². The van der Waals surface area contributed by atoms with Crippen LogP contribution in [-0.2, 0) is 19.6 Å². The summed E-state index contributed by atoms with van der Waals surface area (Å²) in [5, 5.41) is 4.96. The Bertz CT molecular complexity index is 668. The number of benzene rings is 1. The Morgan fingerprint density at radius 3 is 2.27 bits per heavy atom. The molecule has 0 aromatic heterocycles. The van der Waals surface area contributed by atoms with Gasteiger partial charge in [-0.05, 0) is 44.5 Å². The van der Waals surface area contributed by atoms with Crippen LogP contribution in [0.3, 0.4) is 0 Å². The number of anilines is 2. The monoisotopic (exact) mass is 325 g/mol. The molecule has 0 unspecified atom stereocenters. The maximum atomic E-state index is 11.8. The second-order valence-electron chi connectivity index (χ2n) is 5.37. The van der Waals surface area contributed by atoms with Crippen LogP contribution in [0, 0.1) is 0 Å². The molecule has 1 fully saturated rings. The summed E-state index contributed by atoms with van der Waals surface area (Å²) < 4.78 is 25.0. The normalized spacial score (nSPS) is 16.6. The van der Waals surface area contributed by atoms with Gasteiger partial charge in [-0.3, -0.25) is 13.9 Å². The van der Waals surface area contributed by atoms with Crippen LogP contribution >= 0.6 is 0 Å². The molecule has 1 aromatic rings. The number of hydrogen-bond donors (Lipinski definition) is 2. The lowest BCUT2D eigenvalue weighted by Crippen LogP contribution is -2.39. The van der Waals surface area contributed by atoms with E-state index in [2.05, 4.69) is 10.6 Å². The van der Waals surface area contributed by atoms with Gasteiger partial charge in [-0.15, -0.1) is 0 Å². The minimum absolute atomic E-state index is 0.124. The molecule has 1 aliphatic rings. The highest BCUT2D eigenvalue weighted by Crippen LogP contribution is 2.25. The van der Waals surface area contributed by atoms with Gasteiger partial charge < -0.3 is 10.6 Å². The Morgan fingerprint density at radius 1 is 1.14 bits per heavy atom. The molecular weight excluding hydrogens is 306 g/mol. The van der Waals surface area contributed by atoms with Crippen LogP contribution in [0.25, 0.3) is 0 Å². The number of carbonyl (C=O) groups is 2. The SMILES string of the molecule is CC(C)NC(=O)C(=O)Nc1ccc(N2CCCS2(=O)=O)cc1. The van der Waals surface area contributed by atoms with E-state index in [4.69, 9.17) is 0 Å². The van der Waals surface area contributed by atoms with Crippen molar-refractivity contribution in [2.24, 2.45) is 0 Å². The van der Waals surface area contributed by atoms with Crippen molar-refractivity contribution < 1.29 is 18.0 Å². The van der Waals surface area contributed by atoms with Crippen LogP contribution in [-0.4, -0.2) is 38.6 Å². The van der Waals surface area contributed by atoms with Crippen molar-refractivity contribution in [1.29, 1.82) is 0 Å². The minimum atomic E-state index is -3.22. The molecule has 1 saturated heterocycles. The van der Waals surface area contributed by atoms with E-state index < -0.39 is 21.8 Å². The number of nitrogens with one attached hydrogen (secondary N) is 2. The van der Waals surface area contributed by atoms with Crippen molar-refractivity contribution in [3.05, 3.63) is 24.3 Å². The highest BCUT2D eigenvalue weighted by atomic mass is 32.2. The van der Waals surface area contributed by atoms with Gasteiger partial charge in [0.2, 0.25) is 10.0 Å². The fraction of sp³-hybridized carbons (Fsp3) is 0.429. The van der Waals surface area contributed by atoms with Crippen LogP contribution in [0.2, 0.25) is 0 Å². The second-order valence-corrected chi connectivity index (χ2v) is 7.38. The molecule has 1 heterocycles. The molecule has 8 heteroatoms. The summed E-state index contributed by atoms with van der Waals surface area (Å²) in [6, 6.07) is 6.24. The van der Waals surface area contributed by atoms with E-state index in [1.807, 2.05) is 0 Å². The highest BCUT2D eigenvalue weighted by molar-refractivity contribution is 7.93. The molecule has 0 atom stereocenters. The molecule has 2 rings (SSSR count). The Hall–Kier alpha value is -2.09. The Balaban J connectivity index is 2.04. The summed E-state index contributed by atoms with van der Waals surface area (Å²) in [5.41, 5.74) is 0.992. The molecule has 0 bridgehead atoms. The van der Waals surface area contributed by atoms with Gasteiger partial charge in [-0.1, -0.05) is 0 Å². The Kier molecular flexibility index (Phi) is 4.70. The predicted molar refractivity (Wildman–Crippen MR) is 84.1 cm³/mol. The summed E-state index contributed by atoms with van der Waals surface area (Å²) in [6.07, 6.45) is 0.607. The van der Waals surface area contributed by atoms with E-state index in [1.54, 1.807) is 38.1 Å². The van der Waals surface area contributed by atoms with Gasteiger partial charge in [-0.2, -0.15) is 0 Å². The first-order chi connectivity index (χ1) is 10.3. The van der Waals surface area contributed by atoms with Gasteiger partial charge in [-0.25, -0.2) is 8.42 Å². The molecule has 1 aliphatic heterocycles. The molecule has 2 N–H and O–H groups in total. The third-order valence-electron chi connectivity index (χ3n) is 3.14. The molecule has 7 nitrogen and oxygen atoms in total. The second kappa shape index (κ2) is 6.35. The molecule has 0 saturated carbocycles. The lowest BCUT2D eigenvalue weighted by Gasteiger charge is -2.17. The number of carbonyl (C=O) groups excluding carboxylic acids is 2. The lowest BCUT2D eigenvalue weighted by molar-refractivity contribution is -0.136. The fourth-order valence-corrected chi connectivity index (χ4v) is 3.72. The molecule has 22 heavy (non-hydrogen) atoms. The summed E-state index contributed by atoms with van der Waals surface area (Å²) >= 11 is 0. The number of nitrogens with zero attached hydrogens (tertiary/aromatic N) is 1. The van der Waals surface area contributed by atoms with Gasteiger partial charge in [0.25, 0.3) is 0 Å². The molecule has 2 amide bonds. The van der Waals surface area contributed by atoms with E-state index in [-0.39, 0.29) is 11.8 Å². The zero-order valence-corrected chi connectivity index (χ0v) is 13.3. The molecule has 0 radical (unpaired) electrons. The van der Waals surface area contributed by atoms with Crippen molar-refractivity contribution in [3.8, 4) is 0 Å². The third kappa shape index (κ3) is 3.76. The molecule has 120 valence electrons. The van der Waals surface area contributed by atoms with Crippen molar-refractivity contribution >= 4 is 33.2 Å². The summed E-state index contributed by atoms with van der Waals surface area (Å²) in [7, 11) is -3.22. The van der Waals surface area contributed by atoms with E-state index in [9.17, 15) is 18.0 Å². The third-order valence-corrected chi connectivity index (χ3v) is 5.01. The summed E-state index contributed by atoms with van der Waals surface area (Å²) in [4.78, 5) is 23.2. The largest absolute Gasteiger partial charge is 0.346 e. The lowest BCUT2D eigenvalue weighted by atomic mass is 10.2. The highest BCUT2D eigenvalue weighted by Gasteiger charge is 2.28.